The lowest BCUT2D eigenvalue weighted by Gasteiger charge is -2.19. The van der Waals surface area contributed by atoms with Crippen LogP contribution in [0.2, 0.25) is 0 Å². The molecule has 0 saturated carbocycles. The van der Waals surface area contributed by atoms with E-state index in [4.69, 9.17) is 5.73 Å². The number of anilines is 1. The normalized spacial score (nSPS) is 11.8. The molecule has 4 nitrogen and oxygen atoms in total. The third kappa shape index (κ3) is 2.91. The maximum atomic E-state index is 12.4. The van der Waals surface area contributed by atoms with Crippen LogP contribution in [0.5, 0.6) is 0 Å². The van der Waals surface area contributed by atoms with E-state index in [2.05, 4.69) is 6.58 Å². The number of sulfonamides is 1. The number of aryl methyl sites for hydroxylation is 2. The van der Waals surface area contributed by atoms with Crippen LogP contribution in [0.25, 0.3) is 0 Å². The molecule has 0 unspecified atom stereocenters. The Morgan fingerprint density at radius 1 is 1.33 bits per heavy atom. The van der Waals surface area contributed by atoms with Crippen molar-refractivity contribution in [2.75, 3.05) is 19.3 Å². The Hall–Kier alpha value is -1.33. The predicted molar refractivity (Wildman–Crippen MR) is 75.0 cm³/mol. The van der Waals surface area contributed by atoms with Crippen LogP contribution in [-0.4, -0.2) is 26.3 Å². The first-order valence-electron chi connectivity index (χ1n) is 5.63. The first kappa shape index (κ1) is 14.7. The van der Waals surface area contributed by atoms with Gasteiger partial charge in [-0.1, -0.05) is 12.2 Å². The Labute approximate surface area is 109 Å². The summed E-state index contributed by atoms with van der Waals surface area (Å²) in [7, 11) is -2.03. The Bertz CT molecular complexity index is 577. The van der Waals surface area contributed by atoms with Crippen molar-refractivity contribution in [3.8, 4) is 0 Å². The van der Waals surface area contributed by atoms with Gasteiger partial charge < -0.3 is 5.73 Å². The average Bonchev–Trinajstić information content (AvgIpc) is 2.22. The van der Waals surface area contributed by atoms with Crippen molar-refractivity contribution in [1.82, 2.24) is 4.31 Å². The molecule has 18 heavy (non-hydrogen) atoms. The van der Waals surface area contributed by atoms with Gasteiger partial charge in [-0.25, -0.2) is 8.42 Å². The van der Waals surface area contributed by atoms with Gasteiger partial charge in [0.15, 0.2) is 0 Å². The summed E-state index contributed by atoms with van der Waals surface area (Å²) in [4.78, 5) is 0.161. The molecule has 0 saturated heterocycles. The first-order valence-corrected chi connectivity index (χ1v) is 7.07. The molecule has 1 rings (SSSR count). The molecular formula is C13H20N2O2S. The molecule has 0 bridgehead atoms. The predicted octanol–water partition coefficient (Wildman–Crippen LogP) is 2.08. The fourth-order valence-corrected chi connectivity index (χ4v) is 3.08. The fourth-order valence-electron chi connectivity index (χ4n) is 1.67. The van der Waals surface area contributed by atoms with E-state index in [1.807, 2.05) is 13.8 Å². The van der Waals surface area contributed by atoms with E-state index in [0.717, 1.165) is 16.7 Å². The molecule has 0 aliphatic rings. The minimum Gasteiger partial charge on any atom is -0.398 e. The van der Waals surface area contributed by atoms with Gasteiger partial charge in [0.25, 0.3) is 0 Å². The molecule has 0 atom stereocenters. The van der Waals surface area contributed by atoms with Gasteiger partial charge in [-0.3, -0.25) is 0 Å². The van der Waals surface area contributed by atoms with Gasteiger partial charge >= 0.3 is 0 Å². The van der Waals surface area contributed by atoms with Crippen LogP contribution in [0.15, 0.2) is 29.2 Å². The largest absolute Gasteiger partial charge is 0.398 e. The molecule has 100 valence electrons. The number of hydrogen-bond donors (Lipinski definition) is 1. The minimum atomic E-state index is -3.56. The summed E-state index contributed by atoms with van der Waals surface area (Å²) in [5.74, 6) is 0. The van der Waals surface area contributed by atoms with Gasteiger partial charge in [-0.2, -0.15) is 4.31 Å². The van der Waals surface area contributed by atoms with Crippen LogP contribution in [-0.2, 0) is 10.0 Å². The number of benzene rings is 1. The van der Waals surface area contributed by atoms with Gasteiger partial charge in [0.05, 0.1) is 5.69 Å². The SMILES string of the molecule is C=C(C)CN(C)S(=O)(=O)c1cc(C)c(C)cc1N. The molecular weight excluding hydrogens is 248 g/mol. The Balaban J connectivity index is 3.29. The zero-order chi connectivity index (χ0) is 14.1. The highest BCUT2D eigenvalue weighted by Gasteiger charge is 2.23. The molecule has 0 fully saturated rings. The second-order valence-electron chi connectivity index (χ2n) is 4.69. The molecule has 1 aromatic rings. The number of rotatable bonds is 4. The van der Waals surface area contributed by atoms with Crippen molar-refractivity contribution in [1.29, 1.82) is 0 Å². The fraction of sp³-hybridized carbons (Fsp3) is 0.385. The van der Waals surface area contributed by atoms with Gasteiger partial charge in [-0.05, 0) is 44.0 Å². The van der Waals surface area contributed by atoms with Crippen LogP contribution in [0.3, 0.4) is 0 Å². The third-order valence-corrected chi connectivity index (χ3v) is 4.67. The summed E-state index contributed by atoms with van der Waals surface area (Å²) in [6.45, 7) is 9.56. The molecule has 0 heterocycles. The van der Waals surface area contributed by atoms with Crippen LogP contribution < -0.4 is 5.73 Å². The second-order valence-corrected chi connectivity index (χ2v) is 6.71. The van der Waals surface area contributed by atoms with Crippen molar-refractivity contribution < 1.29 is 8.42 Å². The molecule has 2 N–H and O–H groups in total. The first-order chi connectivity index (χ1) is 8.16. The average molecular weight is 268 g/mol. The van der Waals surface area contributed by atoms with Crippen LogP contribution in [0.1, 0.15) is 18.1 Å². The number of nitrogen functional groups attached to an aromatic ring is 1. The summed E-state index contributed by atoms with van der Waals surface area (Å²) in [6.07, 6.45) is 0. The maximum Gasteiger partial charge on any atom is 0.245 e. The van der Waals surface area contributed by atoms with E-state index in [9.17, 15) is 8.42 Å². The Kier molecular flexibility index (Phi) is 4.19. The van der Waals surface area contributed by atoms with Crippen molar-refractivity contribution in [3.05, 3.63) is 35.4 Å². The van der Waals surface area contributed by atoms with Crippen molar-refractivity contribution >= 4 is 15.7 Å². The lowest BCUT2D eigenvalue weighted by atomic mass is 10.1. The minimum absolute atomic E-state index is 0.161. The van der Waals surface area contributed by atoms with Gasteiger partial charge in [-0.15, -0.1) is 0 Å². The molecule has 0 aromatic heterocycles. The zero-order valence-corrected chi connectivity index (χ0v) is 12.1. The van der Waals surface area contributed by atoms with E-state index < -0.39 is 10.0 Å². The van der Waals surface area contributed by atoms with Crippen LogP contribution >= 0.6 is 0 Å². The molecule has 0 radical (unpaired) electrons. The molecule has 0 spiro atoms. The van der Waals surface area contributed by atoms with Crippen molar-refractivity contribution in [2.45, 2.75) is 25.7 Å². The number of nitrogens with two attached hydrogens (primary N) is 1. The second kappa shape index (κ2) is 5.12. The van der Waals surface area contributed by atoms with Crippen molar-refractivity contribution in [3.63, 3.8) is 0 Å². The van der Waals surface area contributed by atoms with Gasteiger partial charge in [0.1, 0.15) is 4.90 Å². The quantitative estimate of drug-likeness (QED) is 0.671. The lowest BCUT2D eigenvalue weighted by Crippen LogP contribution is -2.29. The summed E-state index contributed by atoms with van der Waals surface area (Å²) in [5, 5.41) is 0. The highest BCUT2D eigenvalue weighted by molar-refractivity contribution is 7.89. The topological polar surface area (TPSA) is 63.4 Å². The van der Waals surface area contributed by atoms with E-state index in [-0.39, 0.29) is 17.1 Å². The number of likely N-dealkylation sites (N-methyl/N-ethyl adjacent to an activating group) is 1. The zero-order valence-electron chi connectivity index (χ0n) is 11.3. The standard InChI is InChI=1S/C13H20N2O2S/c1-9(2)8-15(5)18(16,17)13-7-11(4)10(3)6-12(13)14/h6-7H,1,8,14H2,2-5H3. The molecule has 0 amide bonds. The van der Waals surface area contributed by atoms with Crippen LogP contribution in [0.4, 0.5) is 5.69 Å². The van der Waals surface area contributed by atoms with E-state index >= 15 is 0 Å². The van der Waals surface area contributed by atoms with Gasteiger partial charge in [0.2, 0.25) is 10.0 Å². The smallest absolute Gasteiger partial charge is 0.245 e. The molecule has 0 aliphatic heterocycles. The number of hydrogen-bond acceptors (Lipinski definition) is 3. The highest BCUT2D eigenvalue weighted by atomic mass is 32.2. The third-order valence-electron chi connectivity index (χ3n) is 2.81. The summed E-state index contributed by atoms with van der Waals surface area (Å²) in [5.41, 5.74) is 8.77. The van der Waals surface area contributed by atoms with Crippen molar-refractivity contribution in [2.24, 2.45) is 0 Å². The lowest BCUT2D eigenvalue weighted by molar-refractivity contribution is 0.493. The summed E-state index contributed by atoms with van der Waals surface area (Å²) in [6, 6.07) is 3.31. The van der Waals surface area contributed by atoms with E-state index in [1.165, 1.54) is 11.4 Å². The van der Waals surface area contributed by atoms with E-state index in [1.54, 1.807) is 19.1 Å². The highest BCUT2D eigenvalue weighted by Crippen LogP contribution is 2.25. The van der Waals surface area contributed by atoms with E-state index in [0.29, 0.717) is 0 Å². The van der Waals surface area contributed by atoms with Gasteiger partial charge in [0, 0.05) is 13.6 Å². The molecule has 1 aromatic carbocycles. The summed E-state index contributed by atoms with van der Waals surface area (Å²) < 4.78 is 26.0. The molecule has 5 heteroatoms. The number of nitrogens with zero attached hydrogens (tertiary/aromatic N) is 1. The van der Waals surface area contributed by atoms with Crippen LogP contribution in [0, 0.1) is 13.8 Å². The maximum absolute atomic E-state index is 12.4. The molecule has 0 aliphatic carbocycles. The monoisotopic (exact) mass is 268 g/mol. The summed E-state index contributed by atoms with van der Waals surface area (Å²) >= 11 is 0. The Morgan fingerprint density at radius 3 is 2.33 bits per heavy atom. The Morgan fingerprint density at radius 2 is 1.83 bits per heavy atom.